The molecule has 2 fully saturated rings. The number of rotatable bonds is 6. The van der Waals surface area contributed by atoms with Gasteiger partial charge in [-0.25, -0.2) is 9.97 Å². The quantitative estimate of drug-likeness (QED) is 0.551. The van der Waals surface area contributed by atoms with E-state index >= 15 is 0 Å². The average molecular weight is 459 g/mol. The summed E-state index contributed by atoms with van der Waals surface area (Å²) in [6, 6.07) is 9.95. The molecule has 10 heteroatoms. The Morgan fingerprint density at radius 2 is 1.88 bits per heavy atom. The van der Waals surface area contributed by atoms with Crippen molar-refractivity contribution in [2.75, 3.05) is 18.5 Å². The first kappa shape index (κ1) is 21.7. The molecule has 2 atom stereocenters. The normalized spacial score (nSPS) is 21.4. The number of imidazole rings is 1. The van der Waals surface area contributed by atoms with Crippen LogP contribution < -0.4 is 10.1 Å². The molecule has 1 saturated heterocycles. The summed E-state index contributed by atoms with van der Waals surface area (Å²) in [6.07, 6.45) is 1.31. The predicted molar refractivity (Wildman–Crippen MR) is 115 cm³/mol. The molecule has 3 aromatic rings. The molecular formula is C23H24F3N5O2. The lowest BCUT2D eigenvalue weighted by Crippen LogP contribution is -2.39. The van der Waals surface area contributed by atoms with Gasteiger partial charge in [-0.2, -0.15) is 18.2 Å². The van der Waals surface area contributed by atoms with Crippen molar-refractivity contribution < 1.29 is 22.6 Å². The first-order chi connectivity index (χ1) is 16.0. The number of hydrogen-bond acceptors (Lipinski definition) is 6. The summed E-state index contributed by atoms with van der Waals surface area (Å²) in [6.45, 7) is 0.507. The van der Waals surface area contributed by atoms with Crippen LogP contribution in [0.25, 0.3) is 11.4 Å². The molecule has 5 rings (SSSR count). The molecule has 174 valence electrons. The fourth-order valence-corrected chi connectivity index (χ4v) is 4.23. The van der Waals surface area contributed by atoms with Crippen molar-refractivity contribution >= 4 is 5.95 Å². The van der Waals surface area contributed by atoms with E-state index < -0.39 is 23.7 Å². The molecule has 1 aliphatic carbocycles. The fourth-order valence-electron chi connectivity index (χ4n) is 4.23. The van der Waals surface area contributed by atoms with Crippen molar-refractivity contribution in [3.05, 3.63) is 54.0 Å². The molecule has 7 nitrogen and oxygen atoms in total. The number of nitrogens with zero attached hydrogens (tertiary/aromatic N) is 3. The number of hydrogen-bond donors (Lipinski definition) is 2. The van der Waals surface area contributed by atoms with Crippen molar-refractivity contribution in [1.29, 1.82) is 0 Å². The number of ether oxygens (including phenoxy) is 2. The van der Waals surface area contributed by atoms with Crippen LogP contribution in [0.2, 0.25) is 0 Å². The van der Waals surface area contributed by atoms with Crippen molar-refractivity contribution in [2.45, 2.75) is 49.9 Å². The molecule has 2 aromatic heterocycles. The highest BCUT2D eigenvalue weighted by Gasteiger charge is 2.38. The van der Waals surface area contributed by atoms with E-state index in [4.69, 9.17) is 9.47 Å². The highest BCUT2D eigenvalue weighted by atomic mass is 19.4. The summed E-state index contributed by atoms with van der Waals surface area (Å²) < 4.78 is 50.5. The second-order valence-corrected chi connectivity index (χ2v) is 8.45. The second kappa shape index (κ2) is 9.01. The Morgan fingerprint density at radius 3 is 2.61 bits per heavy atom. The van der Waals surface area contributed by atoms with E-state index in [-0.39, 0.29) is 31.1 Å². The van der Waals surface area contributed by atoms with Gasteiger partial charge in [-0.3, -0.25) is 0 Å². The minimum Gasteiger partial charge on any atom is -0.469 e. The second-order valence-electron chi connectivity index (χ2n) is 8.45. The van der Waals surface area contributed by atoms with Gasteiger partial charge in [-0.1, -0.05) is 36.8 Å². The number of benzene rings is 1. The van der Waals surface area contributed by atoms with E-state index in [9.17, 15) is 13.2 Å². The Hall–Kier alpha value is -3.14. The van der Waals surface area contributed by atoms with Crippen LogP contribution in [0.5, 0.6) is 5.88 Å². The Morgan fingerprint density at radius 1 is 1.06 bits per heavy atom. The monoisotopic (exact) mass is 459 g/mol. The number of halogens is 3. The zero-order chi connectivity index (χ0) is 22.8. The van der Waals surface area contributed by atoms with Crippen molar-refractivity contribution in [3.8, 4) is 17.3 Å². The van der Waals surface area contributed by atoms with E-state index in [2.05, 4.69) is 25.3 Å². The Kier molecular flexibility index (Phi) is 5.92. The van der Waals surface area contributed by atoms with Crippen LogP contribution in [0, 0.1) is 0 Å². The van der Waals surface area contributed by atoms with Gasteiger partial charge in [0.25, 0.3) is 0 Å². The lowest BCUT2D eigenvalue weighted by atomic mass is 9.84. The van der Waals surface area contributed by atoms with Gasteiger partial charge in [0.2, 0.25) is 11.8 Å². The van der Waals surface area contributed by atoms with Gasteiger partial charge in [0, 0.05) is 35.6 Å². The summed E-state index contributed by atoms with van der Waals surface area (Å²) in [5.74, 6) is 0.771. The van der Waals surface area contributed by atoms with Crippen molar-refractivity contribution in [2.24, 2.45) is 0 Å². The summed E-state index contributed by atoms with van der Waals surface area (Å²) >= 11 is 0. The van der Waals surface area contributed by atoms with E-state index in [0.717, 1.165) is 49.0 Å². The zero-order valence-electron chi connectivity index (χ0n) is 17.8. The molecule has 0 radical (unpaired) electrons. The maximum atomic E-state index is 13.4. The third-order valence-corrected chi connectivity index (χ3v) is 6.03. The number of H-pyrrole nitrogens is 1. The SMILES string of the molecule is FC(F)(F)c1cnc(N[C@@H]2CCC[C@H](c3cnc(-c4ccccc4)[nH]3)C2)nc1OC1COC1. The lowest BCUT2D eigenvalue weighted by Gasteiger charge is -2.30. The minimum atomic E-state index is -4.59. The molecule has 1 aromatic carbocycles. The molecular weight excluding hydrogens is 435 g/mol. The van der Waals surface area contributed by atoms with Crippen LogP contribution >= 0.6 is 0 Å². The molecule has 0 bridgehead atoms. The Balaban J connectivity index is 1.28. The smallest absolute Gasteiger partial charge is 0.423 e. The summed E-state index contributed by atoms with van der Waals surface area (Å²) in [7, 11) is 0. The van der Waals surface area contributed by atoms with Gasteiger partial charge in [0.05, 0.1) is 13.2 Å². The first-order valence-corrected chi connectivity index (χ1v) is 11.0. The van der Waals surface area contributed by atoms with E-state index in [0.29, 0.717) is 0 Å². The zero-order valence-corrected chi connectivity index (χ0v) is 17.8. The van der Waals surface area contributed by atoms with Crippen molar-refractivity contribution in [3.63, 3.8) is 0 Å². The average Bonchev–Trinajstić information content (AvgIpc) is 3.27. The molecule has 1 saturated carbocycles. The fraction of sp³-hybridized carbons (Fsp3) is 0.435. The molecule has 33 heavy (non-hydrogen) atoms. The van der Waals surface area contributed by atoms with Crippen LogP contribution in [-0.4, -0.2) is 45.3 Å². The first-order valence-electron chi connectivity index (χ1n) is 11.0. The van der Waals surface area contributed by atoms with Crippen molar-refractivity contribution in [1.82, 2.24) is 19.9 Å². The maximum Gasteiger partial charge on any atom is 0.423 e. The van der Waals surface area contributed by atoms with E-state index in [1.165, 1.54) is 0 Å². The Labute approximate surface area is 188 Å². The molecule has 0 unspecified atom stereocenters. The minimum absolute atomic E-state index is 0.0313. The topological polar surface area (TPSA) is 85.0 Å². The van der Waals surface area contributed by atoms with E-state index in [1.54, 1.807) is 0 Å². The van der Waals surface area contributed by atoms with E-state index in [1.807, 2.05) is 36.5 Å². The number of nitrogens with one attached hydrogen (secondary N) is 2. The predicted octanol–water partition coefficient (Wildman–Crippen LogP) is 4.80. The molecule has 0 spiro atoms. The van der Waals surface area contributed by atoms with Crippen LogP contribution in [0.3, 0.4) is 0 Å². The van der Waals surface area contributed by atoms with Gasteiger partial charge in [-0.05, 0) is 19.3 Å². The van der Waals surface area contributed by atoms with Gasteiger partial charge in [0.15, 0.2) is 0 Å². The lowest BCUT2D eigenvalue weighted by molar-refractivity contribution is -0.142. The number of alkyl halides is 3. The van der Waals surface area contributed by atoms with Gasteiger partial charge in [0.1, 0.15) is 17.5 Å². The van der Waals surface area contributed by atoms with Crippen LogP contribution in [0.1, 0.15) is 42.9 Å². The van der Waals surface area contributed by atoms with Crippen LogP contribution in [-0.2, 0) is 10.9 Å². The summed E-state index contributed by atoms with van der Waals surface area (Å²) in [4.78, 5) is 15.9. The number of anilines is 1. The summed E-state index contributed by atoms with van der Waals surface area (Å²) in [5.41, 5.74) is 1.10. The molecule has 2 aliphatic rings. The van der Waals surface area contributed by atoms with Gasteiger partial charge < -0.3 is 19.8 Å². The largest absolute Gasteiger partial charge is 0.469 e. The number of aromatic amines is 1. The third kappa shape index (κ3) is 4.95. The molecule has 2 N–H and O–H groups in total. The standard InChI is InChI=1S/C23H24F3N5O2/c24-23(25,26)18-10-28-22(31-21(18)33-17-12-32-13-17)29-16-8-4-7-15(9-16)19-11-27-20(30-19)14-5-2-1-3-6-14/h1-3,5-6,10-11,15-17H,4,7-9,12-13H2,(H,27,30)(H,28,29,31)/t15-,16+/m0/s1. The number of aromatic nitrogens is 4. The molecule has 0 amide bonds. The van der Waals surface area contributed by atoms with Gasteiger partial charge in [-0.15, -0.1) is 0 Å². The molecule has 1 aliphatic heterocycles. The van der Waals surface area contributed by atoms with Gasteiger partial charge >= 0.3 is 6.18 Å². The summed E-state index contributed by atoms with van der Waals surface area (Å²) in [5, 5.41) is 3.21. The highest BCUT2D eigenvalue weighted by Crippen LogP contribution is 2.37. The third-order valence-electron chi connectivity index (χ3n) is 6.03. The Bertz CT molecular complexity index is 1090. The van der Waals surface area contributed by atoms with Crippen LogP contribution in [0.15, 0.2) is 42.7 Å². The molecule has 3 heterocycles. The maximum absolute atomic E-state index is 13.4. The highest BCUT2D eigenvalue weighted by molar-refractivity contribution is 5.54. The van der Waals surface area contributed by atoms with Crippen LogP contribution in [0.4, 0.5) is 19.1 Å².